The molecule has 1 aliphatic heterocycles. The standard InChI is InChI=1S/C8H19N3/c1-3-7-11(4-2)8-9-5-6-10-8/h8-10H,3-7H2,1-2H3. The number of nitrogens with zero attached hydrogens (tertiary/aromatic N) is 1. The van der Waals surface area contributed by atoms with Crippen molar-refractivity contribution >= 4 is 0 Å². The molecule has 0 aromatic rings. The Morgan fingerprint density at radius 1 is 1.27 bits per heavy atom. The van der Waals surface area contributed by atoms with Gasteiger partial charge in [-0.3, -0.25) is 15.5 Å². The van der Waals surface area contributed by atoms with E-state index in [2.05, 4.69) is 29.4 Å². The number of rotatable bonds is 4. The van der Waals surface area contributed by atoms with Crippen LogP contribution < -0.4 is 10.6 Å². The van der Waals surface area contributed by atoms with Crippen LogP contribution in [0.5, 0.6) is 0 Å². The second kappa shape index (κ2) is 4.70. The zero-order valence-corrected chi connectivity index (χ0v) is 7.56. The van der Waals surface area contributed by atoms with Gasteiger partial charge in [-0.1, -0.05) is 13.8 Å². The summed E-state index contributed by atoms with van der Waals surface area (Å²) >= 11 is 0. The molecule has 1 aliphatic rings. The summed E-state index contributed by atoms with van der Waals surface area (Å²) in [5, 5.41) is 6.81. The highest BCUT2D eigenvalue weighted by Gasteiger charge is 2.18. The SMILES string of the molecule is CCCN(CC)C1NCCN1. The van der Waals surface area contributed by atoms with Crippen molar-refractivity contribution in [3.8, 4) is 0 Å². The van der Waals surface area contributed by atoms with E-state index in [-0.39, 0.29) is 0 Å². The van der Waals surface area contributed by atoms with E-state index in [1.54, 1.807) is 0 Å². The zero-order chi connectivity index (χ0) is 8.10. The van der Waals surface area contributed by atoms with Crippen molar-refractivity contribution in [2.24, 2.45) is 0 Å². The van der Waals surface area contributed by atoms with E-state index in [1.807, 2.05) is 0 Å². The Hall–Kier alpha value is -0.120. The molecule has 66 valence electrons. The molecule has 0 saturated carbocycles. The summed E-state index contributed by atoms with van der Waals surface area (Å²) in [6, 6.07) is 0. The van der Waals surface area contributed by atoms with Crippen molar-refractivity contribution in [2.45, 2.75) is 26.6 Å². The molecule has 0 radical (unpaired) electrons. The van der Waals surface area contributed by atoms with Crippen molar-refractivity contribution in [2.75, 3.05) is 26.2 Å². The smallest absolute Gasteiger partial charge is 0.114 e. The summed E-state index contributed by atoms with van der Waals surface area (Å²) in [6.07, 6.45) is 1.66. The third-order valence-electron chi connectivity index (χ3n) is 2.08. The third kappa shape index (κ3) is 2.43. The molecule has 1 fully saturated rings. The summed E-state index contributed by atoms with van der Waals surface area (Å²) in [6.45, 7) is 8.93. The Morgan fingerprint density at radius 3 is 2.36 bits per heavy atom. The normalized spacial score (nSPS) is 19.9. The minimum Gasteiger partial charge on any atom is -0.288 e. The van der Waals surface area contributed by atoms with Crippen molar-refractivity contribution in [3.63, 3.8) is 0 Å². The van der Waals surface area contributed by atoms with Crippen molar-refractivity contribution in [3.05, 3.63) is 0 Å². The van der Waals surface area contributed by atoms with Gasteiger partial charge in [-0.15, -0.1) is 0 Å². The molecular formula is C8H19N3. The van der Waals surface area contributed by atoms with Crippen LogP contribution in [0.25, 0.3) is 0 Å². The molecule has 11 heavy (non-hydrogen) atoms. The molecular weight excluding hydrogens is 138 g/mol. The molecule has 0 aliphatic carbocycles. The van der Waals surface area contributed by atoms with E-state index < -0.39 is 0 Å². The van der Waals surface area contributed by atoms with Crippen molar-refractivity contribution < 1.29 is 0 Å². The van der Waals surface area contributed by atoms with Gasteiger partial charge in [-0.2, -0.15) is 0 Å². The predicted molar refractivity (Wildman–Crippen MR) is 47.3 cm³/mol. The molecule has 3 heteroatoms. The lowest BCUT2D eigenvalue weighted by atomic mass is 10.4. The van der Waals surface area contributed by atoms with Gasteiger partial charge in [0.05, 0.1) is 0 Å². The Bertz CT molecular complexity index is 99.5. The summed E-state index contributed by atoms with van der Waals surface area (Å²) in [4.78, 5) is 2.42. The molecule has 0 amide bonds. The second-order valence-electron chi connectivity index (χ2n) is 2.94. The topological polar surface area (TPSA) is 27.3 Å². The molecule has 0 bridgehead atoms. The maximum absolute atomic E-state index is 3.41. The largest absolute Gasteiger partial charge is 0.288 e. The van der Waals surface area contributed by atoms with Crippen LogP contribution >= 0.6 is 0 Å². The van der Waals surface area contributed by atoms with Gasteiger partial charge in [-0.05, 0) is 13.0 Å². The summed E-state index contributed by atoms with van der Waals surface area (Å²) in [7, 11) is 0. The van der Waals surface area contributed by atoms with Gasteiger partial charge in [0.1, 0.15) is 6.29 Å². The van der Waals surface area contributed by atoms with Gasteiger partial charge in [-0.25, -0.2) is 0 Å². The molecule has 0 aromatic carbocycles. The van der Waals surface area contributed by atoms with Crippen LogP contribution in [0.2, 0.25) is 0 Å². The Balaban J connectivity index is 2.27. The first-order valence-electron chi connectivity index (χ1n) is 4.59. The minimum absolute atomic E-state index is 0.431. The van der Waals surface area contributed by atoms with Gasteiger partial charge in [0.2, 0.25) is 0 Å². The number of hydrogen-bond acceptors (Lipinski definition) is 3. The summed E-state index contributed by atoms with van der Waals surface area (Å²) in [5.41, 5.74) is 0. The molecule has 0 spiro atoms. The molecule has 1 heterocycles. The first kappa shape index (κ1) is 8.97. The monoisotopic (exact) mass is 157 g/mol. The molecule has 0 unspecified atom stereocenters. The van der Waals surface area contributed by atoms with Crippen LogP contribution in [-0.2, 0) is 0 Å². The van der Waals surface area contributed by atoms with E-state index in [9.17, 15) is 0 Å². The molecule has 1 rings (SSSR count). The Kier molecular flexibility index (Phi) is 3.83. The van der Waals surface area contributed by atoms with Crippen molar-refractivity contribution in [1.29, 1.82) is 0 Å². The highest BCUT2D eigenvalue weighted by molar-refractivity contribution is 4.72. The van der Waals surface area contributed by atoms with Crippen LogP contribution in [0.1, 0.15) is 20.3 Å². The van der Waals surface area contributed by atoms with Crippen LogP contribution in [0.4, 0.5) is 0 Å². The maximum atomic E-state index is 3.41. The van der Waals surface area contributed by atoms with Gasteiger partial charge >= 0.3 is 0 Å². The Morgan fingerprint density at radius 2 is 1.91 bits per heavy atom. The fraction of sp³-hybridized carbons (Fsp3) is 1.00. The second-order valence-corrected chi connectivity index (χ2v) is 2.94. The van der Waals surface area contributed by atoms with Crippen LogP contribution in [0, 0.1) is 0 Å². The highest BCUT2D eigenvalue weighted by atomic mass is 15.4. The molecule has 2 N–H and O–H groups in total. The third-order valence-corrected chi connectivity index (χ3v) is 2.08. The lowest BCUT2D eigenvalue weighted by Crippen LogP contribution is -2.48. The molecule has 0 atom stereocenters. The highest BCUT2D eigenvalue weighted by Crippen LogP contribution is 1.97. The van der Waals surface area contributed by atoms with E-state index in [4.69, 9.17) is 0 Å². The molecule has 1 saturated heterocycles. The average molecular weight is 157 g/mol. The summed E-state index contributed by atoms with van der Waals surface area (Å²) in [5.74, 6) is 0. The zero-order valence-electron chi connectivity index (χ0n) is 7.56. The van der Waals surface area contributed by atoms with E-state index in [1.165, 1.54) is 13.0 Å². The number of nitrogens with one attached hydrogen (secondary N) is 2. The maximum Gasteiger partial charge on any atom is 0.114 e. The molecule has 0 aromatic heterocycles. The Labute approximate surface area is 69.1 Å². The van der Waals surface area contributed by atoms with Gasteiger partial charge < -0.3 is 0 Å². The lowest BCUT2D eigenvalue weighted by molar-refractivity contribution is 0.173. The quantitative estimate of drug-likeness (QED) is 0.610. The van der Waals surface area contributed by atoms with E-state index in [0.29, 0.717) is 6.29 Å². The van der Waals surface area contributed by atoms with Crippen molar-refractivity contribution in [1.82, 2.24) is 15.5 Å². The summed E-state index contributed by atoms with van der Waals surface area (Å²) < 4.78 is 0. The first-order valence-corrected chi connectivity index (χ1v) is 4.59. The van der Waals surface area contributed by atoms with E-state index in [0.717, 1.165) is 19.6 Å². The molecule has 3 nitrogen and oxygen atoms in total. The van der Waals surface area contributed by atoms with Crippen LogP contribution in [0.3, 0.4) is 0 Å². The average Bonchev–Trinajstić information content (AvgIpc) is 2.52. The lowest BCUT2D eigenvalue weighted by Gasteiger charge is -2.26. The van der Waals surface area contributed by atoms with Crippen LogP contribution in [-0.4, -0.2) is 37.4 Å². The van der Waals surface area contributed by atoms with E-state index >= 15 is 0 Å². The van der Waals surface area contributed by atoms with Gasteiger partial charge in [0, 0.05) is 19.6 Å². The van der Waals surface area contributed by atoms with Gasteiger partial charge in [0.25, 0.3) is 0 Å². The number of hydrogen-bond donors (Lipinski definition) is 2. The van der Waals surface area contributed by atoms with Gasteiger partial charge in [0.15, 0.2) is 0 Å². The van der Waals surface area contributed by atoms with Crippen LogP contribution in [0.15, 0.2) is 0 Å². The first-order chi connectivity index (χ1) is 5.38. The minimum atomic E-state index is 0.431. The fourth-order valence-electron chi connectivity index (χ4n) is 1.51. The predicted octanol–water partition coefficient (Wildman–Crippen LogP) is 0.195. The fourth-order valence-corrected chi connectivity index (χ4v) is 1.51.